The highest BCUT2D eigenvalue weighted by molar-refractivity contribution is 5.89. The van der Waals surface area contributed by atoms with Crippen molar-refractivity contribution in [2.45, 2.75) is 0 Å². The normalized spacial score (nSPS) is 9.50. The van der Waals surface area contributed by atoms with E-state index < -0.39 is 11.9 Å². The molecule has 0 bridgehead atoms. The van der Waals surface area contributed by atoms with Gasteiger partial charge in [-0.2, -0.15) is 0 Å². The molecular formula is C4H4O4. The second-order valence-corrected chi connectivity index (χ2v) is 1.01. The van der Waals surface area contributed by atoms with Crippen LogP contribution < -0.4 is 0 Å². The smallest absolute Gasteiger partial charge is 0.328 e. The number of hydrogen-bond donors (Lipinski definition) is 2. The number of carboxylic acids is 2. The number of carbonyl (C=O) groups is 2. The van der Waals surface area contributed by atoms with Gasteiger partial charge in [0.15, 0.2) is 0 Å². The fraction of sp³-hybridized carbons (Fsp3) is 0. The van der Waals surface area contributed by atoms with E-state index in [-0.39, 0.29) is 0 Å². The van der Waals surface area contributed by atoms with E-state index in [0.29, 0.717) is 12.2 Å². The van der Waals surface area contributed by atoms with E-state index in [2.05, 4.69) is 0 Å². The Morgan fingerprint density at radius 1 is 1.00 bits per heavy atom. The first kappa shape index (κ1) is 6.68. The Labute approximate surface area is 45.1 Å². The average molecular weight is 120 g/mol. The second kappa shape index (κ2) is 2.79. The van der Waals surface area contributed by atoms with Gasteiger partial charge >= 0.3 is 11.9 Å². The predicted molar refractivity (Wildman–Crippen MR) is 24.4 cm³/mol. The lowest BCUT2D eigenvalue weighted by Gasteiger charge is -1.74. The molecule has 0 aliphatic carbocycles. The van der Waals surface area contributed by atoms with E-state index in [1.807, 2.05) is 0 Å². The van der Waals surface area contributed by atoms with Crippen molar-refractivity contribution in [2.24, 2.45) is 0 Å². The van der Waals surface area contributed by atoms with Gasteiger partial charge in [0.25, 0.3) is 0 Å². The van der Waals surface area contributed by atoms with Crippen LogP contribution in [0.25, 0.3) is 0 Å². The van der Waals surface area contributed by atoms with Crippen molar-refractivity contribution in [1.82, 2.24) is 0 Å². The summed E-state index contributed by atoms with van der Waals surface area (Å²) in [7, 11) is 0. The summed E-state index contributed by atoms with van der Waals surface area (Å²) in [6, 6.07) is 0. The first-order valence-electron chi connectivity index (χ1n) is 1.77. The van der Waals surface area contributed by atoms with Crippen molar-refractivity contribution in [3.05, 3.63) is 12.2 Å². The third kappa shape index (κ3) is 4.68. The van der Waals surface area contributed by atoms with Crippen LogP contribution in [0.15, 0.2) is 12.2 Å². The lowest BCUT2D eigenvalue weighted by atomic mass is 11.2. The Kier molecular flexibility index (Phi) is 2.33. The highest BCUT2D eigenvalue weighted by atomic mass is 16.4. The zero-order chi connectivity index (χ0) is 6.57. The van der Waals surface area contributed by atoms with Crippen molar-refractivity contribution < 1.29 is 19.8 Å². The number of rotatable bonds is 2. The summed E-state index contributed by atoms with van der Waals surface area (Å²) in [5, 5.41) is 15.6. The summed E-state index contributed by atoms with van der Waals surface area (Å²) in [5.74, 6) is -2.51. The highest BCUT2D eigenvalue weighted by Crippen LogP contribution is 1.70. The molecule has 8 heavy (non-hydrogen) atoms. The quantitative estimate of drug-likeness (QED) is 0.491. The topological polar surface area (TPSA) is 74.6 Å². The Hall–Kier alpha value is -1.32. The molecular weight excluding hydrogens is 116 g/mol. The molecule has 44 valence electrons. The van der Waals surface area contributed by atoms with Crippen LogP contribution in [0.5, 0.6) is 0 Å². The minimum atomic E-state index is -1.26. The van der Waals surface area contributed by atoms with Crippen molar-refractivity contribution in [3.63, 3.8) is 0 Å². The predicted octanol–water partition coefficient (Wildman–Crippen LogP) is -0.288. The Balaban J connectivity index is 3.67. The zero-order valence-electron chi connectivity index (χ0n) is 3.87. The monoisotopic (exact) mass is 120 g/mol. The maximum atomic E-state index is 9.55. The maximum absolute atomic E-state index is 9.55. The summed E-state index contributed by atoms with van der Waals surface area (Å²) < 4.78 is 0. The molecule has 0 aliphatic heterocycles. The zero-order valence-corrected chi connectivity index (χ0v) is 3.87. The molecule has 0 saturated carbocycles. The van der Waals surface area contributed by atoms with Gasteiger partial charge in [0.05, 0.1) is 0 Å². The lowest BCUT2D eigenvalue weighted by molar-refractivity contribution is -0.134. The molecule has 0 aromatic heterocycles. The molecule has 0 aliphatic rings. The maximum Gasteiger partial charge on any atom is 0.328 e. The molecule has 0 aromatic rings. The van der Waals surface area contributed by atoms with Crippen molar-refractivity contribution in [2.75, 3.05) is 0 Å². The van der Waals surface area contributed by atoms with Gasteiger partial charge in [-0.15, -0.1) is 0 Å². The van der Waals surface area contributed by atoms with Crippen LogP contribution >= 0.6 is 0 Å². The summed E-state index contributed by atoms with van der Waals surface area (Å²) in [5.41, 5.74) is 0. The largest absolute Gasteiger partial charge is 0.478 e. The van der Waals surface area contributed by atoms with Crippen molar-refractivity contribution in [1.29, 1.82) is 0 Å². The lowest BCUT2D eigenvalue weighted by Crippen LogP contribution is -1.91. The summed E-state index contributed by atoms with van der Waals surface area (Å²) >= 11 is 0. The van der Waals surface area contributed by atoms with Crippen LogP contribution in [0.3, 0.4) is 0 Å². The van der Waals surface area contributed by atoms with Gasteiger partial charge in [0, 0.05) is 12.2 Å². The Morgan fingerprint density at radius 3 is 1.38 bits per heavy atom. The first-order valence-corrected chi connectivity index (χ1v) is 1.77. The van der Waals surface area contributed by atoms with Gasteiger partial charge in [-0.25, -0.2) is 9.59 Å². The van der Waals surface area contributed by atoms with Crippen molar-refractivity contribution in [3.8, 4) is 0 Å². The van der Waals surface area contributed by atoms with Crippen LogP contribution in [-0.4, -0.2) is 22.2 Å². The van der Waals surface area contributed by atoms with E-state index in [1.54, 1.807) is 0 Å². The van der Waals surface area contributed by atoms with Crippen molar-refractivity contribution >= 4 is 11.9 Å². The number of hydrogen-bond acceptors (Lipinski definition) is 2. The van der Waals surface area contributed by atoms with Crippen LogP contribution in [0.4, 0.5) is 0 Å². The van der Waals surface area contributed by atoms with Crippen LogP contribution in [0, 0.1) is 0 Å². The summed E-state index contributed by atoms with van der Waals surface area (Å²) in [6.45, 7) is 0. The van der Waals surface area contributed by atoms with Crippen LogP contribution in [-0.2, 0) is 9.59 Å². The van der Waals surface area contributed by atoms with E-state index in [1.165, 1.54) is 0 Å². The molecule has 0 spiro atoms. The van der Waals surface area contributed by atoms with E-state index in [0.717, 1.165) is 0 Å². The van der Waals surface area contributed by atoms with Gasteiger partial charge in [0.2, 0.25) is 0 Å². The van der Waals surface area contributed by atoms with E-state index in [9.17, 15) is 9.59 Å². The number of carboxylic acid groups (broad SMARTS) is 2. The molecule has 0 aromatic carbocycles. The minimum absolute atomic E-state index is 0.558. The number of aliphatic carboxylic acids is 2. The fourth-order valence-corrected chi connectivity index (χ4v) is 0.143. The van der Waals surface area contributed by atoms with Gasteiger partial charge in [-0.05, 0) is 0 Å². The molecule has 0 fully saturated rings. The summed E-state index contributed by atoms with van der Waals surface area (Å²) in [4.78, 5) is 19.1. The van der Waals surface area contributed by atoms with E-state index in [4.69, 9.17) is 10.2 Å². The van der Waals surface area contributed by atoms with Gasteiger partial charge in [-0.1, -0.05) is 0 Å². The molecule has 4 nitrogen and oxygen atoms in total. The molecule has 0 saturated heterocycles. The molecule has 0 radical (unpaired) electrons. The third-order valence-electron chi connectivity index (χ3n) is 0.368. The Bertz CT molecular complexity index is 119. The molecule has 4 heteroatoms. The molecule has 0 rings (SSSR count). The average Bonchev–Trinajstić information content (AvgIpc) is 1.61. The van der Waals surface area contributed by atoms with E-state index >= 15 is 0 Å². The first-order chi connectivity index (χ1) is 3.63. The van der Waals surface area contributed by atoms with Crippen LogP contribution in [0.2, 0.25) is 0 Å². The summed E-state index contributed by atoms with van der Waals surface area (Å²) in [6.07, 6.45) is 1.12. The van der Waals surface area contributed by atoms with Gasteiger partial charge < -0.3 is 10.2 Å². The second-order valence-electron chi connectivity index (χ2n) is 1.01. The molecule has 0 unspecified atom stereocenters. The molecule has 0 atom stereocenters. The Morgan fingerprint density at radius 2 is 1.25 bits per heavy atom. The molecule has 0 heterocycles. The van der Waals surface area contributed by atoms with Gasteiger partial charge in [-0.3, -0.25) is 0 Å². The minimum Gasteiger partial charge on any atom is -0.478 e. The molecule has 0 amide bonds. The molecule has 2 N–H and O–H groups in total. The van der Waals surface area contributed by atoms with Crippen LogP contribution in [0.1, 0.15) is 0 Å². The van der Waals surface area contributed by atoms with Gasteiger partial charge in [0.1, 0.15) is 0 Å². The third-order valence-corrected chi connectivity index (χ3v) is 0.368. The fourth-order valence-electron chi connectivity index (χ4n) is 0.143. The SMILES string of the molecule is O=C(O)/[14CH]=[14CH]\C(=O)O. The standard InChI is InChI=1S/C4H4O4/c5-3(6)1-2-4(7)8/h1-2H,(H,5,6)(H,7,8)/b2-1-/i1+2,2+2. The highest BCUT2D eigenvalue weighted by Gasteiger charge is 1.88.